The van der Waals surface area contributed by atoms with Gasteiger partial charge >= 0.3 is 0 Å². The standard InChI is InChI=1S/C14H20O2/c1-9(2)16-11-5-6-12-10(3)4-7-14(15)13(12)8-11/h5-6,8-10,14-15H,4,7H2,1-3H3. The predicted molar refractivity (Wildman–Crippen MR) is 64.8 cm³/mol. The Morgan fingerprint density at radius 2 is 2.00 bits per heavy atom. The van der Waals surface area contributed by atoms with Gasteiger partial charge in [-0.1, -0.05) is 13.0 Å². The summed E-state index contributed by atoms with van der Waals surface area (Å²) in [6.07, 6.45) is 1.79. The van der Waals surface area contributed by atoms with E-state index in [0.717, 1.165) is 24.2 Å². The molecule has 0 amide bonds. The van der Waals surface area contributed by atoms with E-state index in [2.05, 4.69) is 13.0 Å². The molecule has 0 saturated heterocycles. The van der Waals surface area contributed by atoms with Crippen LogP contribution in [0.3, 0.4) is 0 Å². The molecule has 1 aromatic carbocycles. The van der Waals surface area contributed by atoms with Gasteiger partial charge in [0.2, 0.25) is 0 Å². The number of rotatable bonds is 2. The molecular weight excluding hydrogens is 200 g/mol. The first-order chi connectivity index (χ1) is 7.58. The summed E-state index contributed by atoms with van der Waals surface area (Å²) in [6.45, 7) is 6.24. The third-order valence-corrected chi connectivity index (χ3v) is 3.19. The van der Waals surface area contributed by atoms with Crippen LogP contribution in [0.15, 0.2) is 18.2 Å². The van der Waals surface area contributed by atoms with Gasteiger partial charge < -0.3 is 9.84 Å². The van der Waals surface area contributed by atoms with Crippen molar-refractivity contribution >= 4 is 0 Å². The van der Waals surface area contributed by atoms with E-state index in [0.29, 0.717) is 5.92 Å². The SMILES string of the molecule is CC(C)Oc1ccc2c(c1)C(O)CCC2C. The first-order valence-corrected chi connectivity index (χ1v) is 6.06. The smallest absolute Gasteiger partial charge is 0.120 e. The van der Waals surface area contributed by atoms with Gasteiger partial charge in [0.25, 0.3) is 0 Å². The van der Waals surface area contributed by atoms with Crippen LogP contribution in [0.4, 0.5) is 0 Å². The van der Waals surface area contributed by atoms with Crippen molar-refractivity contribution in [3.8, 4) is 5.75 Å². The lowest BCUT2D eigenvalue weighted by atomic mass is 9.82. The zero-order valence-corrected chi connectivity index (χ0v) is 10.2. The average molecular weight is 220 g/mol. The lowest BCUT2D eigenvalue weighted by molar-refractivity contribution is 0.150. The zero-order chi connectivity index (χ0) is 11.7. The van der Waals surface area contributed by atoms with Gasteiger partial charge in [0.1, 0.15) is 5.75 Å². The third kappa shape index (κ3) is 2.22. The number of aliphatic hydroxyl groups excluding tert-OH is 1. The van der Waals surface area contributed by atoms with Gasteiger partial charge in [-0.05, 0) is 55.9 Å². The van der Waals surface area contributed by atoms with Crippen LogP contribution in [0.25, 0.3) is 0 Å². The molecule has 88 valence electrons. The fourth-order valence-electron chi connectivity index (χ4n) is 2.35. The lowest BCUT2D eigenvalue weighted by Gasteiger charge is -2.27. The Kier molecular flexibility index (Phi) is 3.20. The minimum atomic E-state index is -0.318. The van der Waals surface area contributed by atoms with Crippen LogP contribution in [0.2, 0.25) is 0 Å². The predicted octanol–water partition coefficient (Wildman–Crippen LogP) is 3.40. The maximum absolute atomic E-state index is 9.98. The quantitative estimate of drug-likeness (QED) is 0.827. The van der Waals surface area contributed by atoms with E-state index in [1.807, 2.05) is 26.0 Å². The zero-order valence-electron chi connectivity index (χ0n) is 10.2. The molecule has 2 atom stereocenters. The van der Waals surface area contributed by atoms with Crippen molar-refractivity contribution in [3.05, 3.63) is 29.3 Å². The van der Waals surface area contributed by atoms with Crippen LogP contribution in [0.1, 0.15) is 56.8 Å². The van der Waals surface area contributed by atoms with E-state index >= 15 is 0 Å². The molecule has 2 unspecified atom stereocenters. The van der Waals surface area contributed by atoms with Crippen molar-refractivity contribution in [2.45, 2.75) is 51.7 Å². The van der Waals surface area contributed by atoms with Gasteiger partial charge in [-0.25, -0.2) is 0 Å². The molecule has 0 aliphatic heterocycles. The average Bonchev–Trinajstić information content (AvgIpc) is 2.23. The molecule has 2 nitrogen and oxygen atoms in total. The van der Waals surface area contributed by atoms with E-state index in [4.69, 9.17) is 4.74 Å². The summed E-state index contributed by atoms with van der Waals surface area (Å²) >= 11 is 0. The monoisotopic (exact) mass is 220 g/mol. The maximum atomic E-state index is 9.98. The Morgan fingerprint density at radius 1 is 1.25 bits per heavy atom. The Labute approximate surface area is 97.3 Å². The van der Waals surface area contributed by atoms with Gasteiger partial charge in [-0.3, -0.25) is 0 Å². The third-order valence-electron chi connectivity index (χ3n) is 3.19. The van der Waals surface area contributed by atoms with Gasteiger partial charge in [0, 0.05) is 0 Å². The van der Waals surface area contributed by atoms with E-state index in [1.54, 1.807) is 0 Å². The fourth-order valence-corrected chi connectivity index (χ4v) is 2.35. The number of hydrogen-bond donors (Lipinski definition) is 1. The highest BCUT2D eigenvalue weighted by molar-refractivity contribution is 5.40. The topological polar surface area (TPSA) is 29.5 Å². The number of fused-ring (bicyclic) bond motifs is 1. The summed E-state index contributed by atoms with van der Waals surface area (Å²) in [5.41, 5.74) is 2.33. The second-order valence-corrected chi connectivity index (χ2v) is 4.95. The number of ether oxygens (including phenoxy) is 1. The highest BCUT2D eigenvalue weighted by atomic mass is 16.5. The van der Waals surface area contributed by atoms with Crippen molar-refractivity contribution in [1.29, 1.82) is 0 Å². The van der Waals surface area contributed by atoms with Crippen LogP contribution in [-0.2, 0) is 0 Å². The molecule has 1 N–H and O–H groups in total. The second kappa shape index (κ2) is 4.46. The van der Waals surface area contributed by atoms with E-state index in [9.17, 15) is 5.11 Å². The molecular formula is C14H20O2. The number of aliphatic hydroxyl groups is 1. The molecule has 0 heterocycles. The number of benzene rings is 1. The summed E-state index contributed by atoms with van der Waals surface area (Å²) in [5, 5.41) is 9.98. The summed E-state index contributed by atoms with van der Waals surface area (Å²) in [7, 11) is 0. The highest BCUT2D eigenvalue weighted by Crippen LogP contribution is 2.38. The van der Waals surface area contributed by atoms with E-state index in [-0.39, 0.29) is 12.2 Å². The minimum Gasteiger partial charge on any atom is -0.491 e. The summed E-state index contributed by atoms with van der Waals surface area (Å²) in [5.74, 6) is 1.41. The molecule has 2 heteroatoms. The van der Waals surface area contributed by atoms with Crippen molar-refractivity contribution in [1.82, 2.24) is 0 Å². The van der Waals surface area contributed by atoms with Gasteiger partial charge in [0.05, 0.1) is 12.2 Å². The summed E-state index contributed by atoms with van der Waals surface area (Å²) < 4.78 is 5.65. The molecule has 1 aliphatic carbocycles. The molecule has 0 saturated carbocycles. The Morgan fingerprint density at radius 3 is 2.69 bits per heavy atom. The van der Waals surface area contributed by atoms with Crippen LogP contribution >= 0.6 is 0 Å². The molecule has 0 radical (unpaired) electrons. The maximum Gasteiger partial charge on any atom is 0.120 e. The molecule has 1 aromatic rings. The lowest BCUT2D eigenvalue weighted by Crippen LogP contribution is -2.13. The Balaban J connectivity index is 2.32. The van der Waals surface area contributed by atoms with Gasteiger partial charge in [-0.2, -0.15) is 0 Å². The van der Waals surface area contributed by atoms with Gasteiger partial charge in [0.15, 0.2) is 0 Å². The second-order valence-electron chi connectivity index (χ2n) is 4.95. The van der Waals surface area contributed by atoms with Crippen LogP contribution in [-0.4, -0.2) is 11.2 Å². The van der Waals surface area contributed by atoms with Crippen molar-refractivity contribution < 1.29 is 9.84 Å². The van der Waals surface area contributed by atoms with E-state index < -0.39 is 0 Å². The summed E-state index contributed by atoms with van der Waals surface area (Å²) in [6, 6.07) is 6.10. The van der Waals surface area contributed by atoms with Crippen LogP contribution < -0.4 is 4.74 Å². The molecule has 0 bridgehead atoms. The van der Waals surface area contributed by atoms with Crippen LogP contribution in [0, 0.1) is 0 Å². The largest absolute Gasteiger partial charge is 0.491 e. The highest BCUT2D eigenvalue weighted by Gasteiger charge is 2.23. The Hall–Kier alpha value is -1.02. The first kappa shape index (κ1) is 11.5. The minimum absolute atomic E-state index is 0.177. The van der Waals surface area contributed by atoms with Crippen molar-refractivity contribution in [2.75, 3.05) is 0 Å². The first-order valence-electron chi connectivity index (χ1n) is 6.06. The molecule has 0 spiro atoms. The normalized spacial score (nSPS) is 24.3. The molecule has 0 aromatic heterocycles. The molecule has 2 rings (SSSR count). The van der Waals surface area contributed by atoms with Gasteiger partial charge in [-0.15, -0.1) is 0 Å². The molecule has 1 aliphatic rings. The molecule has 0 fully saturated rings. The van der Waals surface area contributed by atoms with E-state index in [1.165, 1.54) is 5.56 Å². The summed E-state index contributed by atoms with van der Waals surface area (Å²) in [4.78, 5) is 0. The number of hydrogen-bond acceptors (Lipinski definition) is 2. The fraction of sp³-hybridized carbons (Fsp3) is 0.571. The van der Waals surface area contributed by atoms with Crippen molar-refractivity contribution in [3.63, 3.8) is 0 Å². The Bertz CT molecular complexity index is 371. The molecule has 16 heavy (non-hydrogen) atoms. The van der Waals surface area contributed by atoms with Crippen molar-refractivity contribution in [2.24, 2.45) is 0 Å². The van der Waals surface area contributed by atoms with Crippen LogP contribution in [0.5, 0.6) is 5.75 Å².